The standard InChI is InChI=1S/C28H26FN5O2S/c1-17-8-6-11-21(14-17)31-26(35)24-18(2)30-27-32-28(37-16-20-9-4-5-13-23(20)29)33-34(27)25(24)19-10-7-12-22(15-19)36-3/h4-15,25H,16H2,1-3H3,(H,31,35)(H,30,32,33). The Kier molecular flexibility index (Phi) is 6.96. The molecule has 9 heteroatoms. The molecule has 7 nitrogen and oxygen atoms in total. The van der Waals surface area contributed by atoms with Crippen LogP contribution in [0.15, 0.2) is 89.2 Å². The van der Waals surface area contributed by atoms with Gasteiger partial charge in [-0.15, -0.1) is 5.10 Å². The number of aryl methyl sites for hydroxylation is 1. The zero-order chi connectivity index (χ0) is 25.9. The number of amides is 1. The van der Waals surface area contributed by atoms with Gasteiger partial charge < -0.3 is 15.4 Å². The fourth-order valence-electron chi connectivity index (χ4n) is 4.29. The number of carbonyl (C=O) groups is 1. The van der Waals surface area contributed by atoms with Crippen LogP contribution in [0.1, 0.15) is 29.7 Å². The number of anilines is 2. The number of allylic oxidation sites excluding steroid dienone is 1. The molecule has 2 heterocycles. The quantitative estimate of drug-likeness (QED) is 0.296. The molecular weight excluding hydrogens is 489 g/mol. The van der Waals surface area contributed by atoms with E-state index in [0.717, 1.165) is 11.1 Å². The van der Waals surface area contributed by atoms with Crippen molar-refractivity contribution in [3.05, 3.63) is 107 Å². The van der Waals surface area contributed by atoms with Crippen molar-refractivity contribution in [1.29, 1.82) is 0 Å². The Balaban J connectivity index is 1.51. The van der Waals surface area contributed by atoms with Crippen LogP contribution in [-0.2, 0) is 10.5 Å². The van der Waals surface area contributed by atoms with E-state index in [1.54, 1.807) is 30.0 Å². The average Bonchev–Trinajstić information content (AvgIpc) is 3.29. The molecular formula is C28H26FN5O2S. The largest absolute Gasteiger partial charge is 0.497 e. The van der Waals surface area contributed by atoms with E-state index in [1.165, 1.54) is 17.8 Å². The van der Waals surface area contributed by atoms with Crippen molar-refractivity contribution in [3.63, 3.8) is 0 Å². The minimum absolute atomic E-state index is 0.245. The molecule has 4 aromatic rings. The third kappa shape index (κ3) is 5.22. The van der Waals surface area contributed by atoms with Gasteiger partial charge in [0.15, 0.2) is 0 Å². The molecule has 1 aliphatic rings. The zero-order valence-electron chi connectivity index (χ0n) is 20.7. The third-order valence-corrected chi connectivity index (χ3v) is 6.96. The number of methoxy groups -OCH3 is 1. The molecule has 188 valence electrons. The molecule has 0 saturated carbocycles. The zero-order valence-corrected chi connectivity index (χ0v) is 21.5. The van der Waals surface area contributed by atoms with E-state index in [9.17, 15) is 9.18 Å². The van der Waals surface area contributed by atoms with Crippen molar-refractivity contribution < 1.29 is 13.9 Å². The smallest absolute Gasteiger partial charge is 0.255 e. The van der Waals surface area contributed by atoms with Crippen molar-refractivity contribution in [3.8, 4) is 5.75 Å². The minimum atomic E-state index is -0.550. The summed E-state index contributed by atoms with van der Waals surface area (Å²) in [6, 6.07) is 21.3. The maximum absolute atomic E-state index is 14.1. The first kappa shape index (κ1) is 24.6. The normalized spacial score (nSPS) is 14.6. The molecule has 1 atom stereocenters. The van der Waals surface area contributed by atoms with Crippen LogP contribution in [-0.4, -0.2) is 27.8 Å². The average molecular weight is 516 g/mol. The van der Waals surface area contributed by atoms with Crippen molar-refractivity contribution in [2.24, 2.45) is 0 Å². The summed E-state index contributed by atoms with van der Waals surface area (Å²) in [5, 5.41) is 11.5. The molecule has 5 rings (SSSR count). The molecule has 1 aliphatic heterocycles. The highest BCUT2D eigenvalue weighted by Gasteiger charge is 2.34. The van der Waals surface area contributed by atoms with Crippen LogP contribution in [0.2, 0.25) is 0 Å². The molecule has 1 amide bonds. The van der Waals surface area contributed by atoms with E-state index < -0.39 is 6.04 Å². The first-order chi connectivity index (χ1) is 17.9. The number of nitrogens with zero attached hydrogens (tertiary/aromatic N) is 3. The van der Waals surface area contributed by atoms with Gasteiger partial charge in [0.25, 0.3) is 5.91 Å². The Labute approximate surface area is 218 Å². The van der Waals surface area contributed by atoms with Crippen LogP contribution in [0, 0.1) is 12.7 Å². The summed E-state index contributed by atoms with van der Waals surface area (Å²) in [5.74, 6) is 1.05. The number of halogens is 1. The Morgan fingerprint density at radius 2 is 1.92 bits per heavy atom. The second-order valence-electron chi connectivity index (χ2n) is 8.71. The lowest BCUT2D eigenvalue weighted by atomic mass is 9.95. The van der Waals surface area contributed by atoms with Crippen molar-refractivity contribution in [1.82, 2.24) is 14.8 Å². The van der Waals surface area contributed by atoms with Crippen molar-refractivity contribution in [2.75, 3.05) is 17.7 Å². The van der Waals surface area contributed by atoms with E-state index in [4.69, 9.17) is 9.84 Å². The summed E-state index contributed by atoms with van der Waals surface area (Å²) in [6.07, 6.45) is 0. The van der Waals surface area contributed by atoms with Gasteiger partial charge in [-0.1, -0.05) is 54.2 Å². The Hall–Kier alpha value is -4.11. The Bertz CT molecular complexity index is 1500. The Morgan fingerprint density at radius 3 is 2.70 bits per heavy atom. The molecule has 0 radical (unpaired) electrons. The van der Waals surface area contributed by atoms with Gasteiger partial charge in [-0.3, -0.25) is 4.79 Å². The summed E-state index contributed by atoms with van der Waals surface area (Å²) in [4.78, 5) is 18.3. The van der Waals surface area contributed by atoms with Gasteiger partial charge in [0.05, 0.1) is 12.7 Å². The number of rotatable bonds is 7. The fourth-order valence-corrected chi connectivity index (χ4v) is 5.10. The maximum atomic E-state index is 14.1. The minimum Gasteiger partial charge on any atom is -0.497 e. The molecule has 1 unspecified atom stereocenters. The van der Waals surface area contributed by atoms with Gasteiger partial charge in [-0.05, 0) is 60.9 Å². The second kappa shape index (κ2) is 10.5. The molecule has 0 bridgehead atoms. The van der Waals surface area contributed by atoms with E-state index in [2.05, 4.69) is 15.6 Å². The van der Waals surface area contributed by atoms with Crippen LogP contribution in [0.3, 0.4) is 0 Å². The molecule has 2 N–H and O–H groups in total. The number of nitrogens with one attached hydrogen (secondary N) is 2. The van der Waals surface area contributed by atoms with Crippen LogP contribution >= 0.6 is 11.8 Å². The fraction of sp³-hybridized carbons (Fsp3) is 0.179. The van der Waals surface area contributed by atoms with Crippen LogP contribution in [0.4, 0.5) is 16.0 Å². The number of aromatic nitrogens is 3. The first-order valence-electron chi connectivity index (χ1n) is 11.8. The van der Waals surface area contributed by atoms with E-state index >= 15 is 0 Å². The van der Waals surface area contributed by atoms with Gasteiger partial charge in [-0.25, -0.2) is 9.07 Å². The summed E-state index contributed by atoms with van der Waals surface area (Å²) < 4.78 is 21.3. The van der Waals surface area contributed by atoms with Gasteiger partial charge in [0.2, 0.25) is 11.1 Å². The molecule has 3 aromatic carbocycles. The van der Waals surface area contributed by atoms with Crippen molar-refractivity contribution >= 4 is 29.3 Å². The number of hydrogen-bond acceptors (Lipinski definition) is 6. The number of thioether (sulfide) groups is 1. The molecule has 0 aliphatic carbocycles. The molecule has 0 fully saturated rings. The third-order valence-electron chi connectivity index (χ3n) is 6.08. The number of hydrogen-bond donors (Lipinski definition) is 2. The van der Waals surface area contributed by atoms with Crippen LogP contribution in [0.25, 0.3) is 0 Å². The van der Waals surface area contributed by atoms with Crippen molar-refractivity contribution in [2.45, 2.75) is 30.8 Å². The first-order valence-corrected chi connectivity index (χ1v) is 12.7. The lowest BCUT2D eigenvalue weighted by Crippen LogP contribution is -2.31. The summed E-state index contributed by atoms with van der Waals surface area (Å²) >= 11 is 1.33. The number of benzene rings is 3. The lowest BCUT2D eigenvalue weighted by molar-refractivity contribution is -0.113. The topological polar surface area (TPSA) is 81.1 Å². The van der Waals surface area contributed by atoms with Gasteiger partial charge >= 0.3 is 0 Å². The maximum Gasteiger partial charge on any atom is 0.255 e. The van der Waals surface area contributed by atoms with Crippen LogP contribution < -0.4 is 15.4 Å². The molecule has 1 aromatic heterocycles. The number of ether oxygens (including phenoxy) is 1. The highest BCUT2D eigenvalue weighted by Crippen LogP contribution is 2.38. The SMILES string of the molecule is COc1cccc(C2C(C(=O)Nc3cccc(C)c3)=C(C)Nc3nc(SCc4ccccc4F)nn32)c1. The van der Waals surface area contributed by atoms with E-state index in [0.29, 0.717) is 45.1 Å². The van der Waals surface area contributed by atoms with E-state index in [1.807, 2.05) is 62.4 Å². The monoisotopic (exact) mass is 515 g/mol. The summed E-state index contributed by atoms with van der Waals surface area (Å²) in [6.45, 7) is 3.83. The second-order valence-corrected chi connectivity index (χ2v) is 9.65. The number of carbonyl (C=O) groups excluding carboxylic acids is 1. The predicted octanol–water partition coefficient (Wildman–Crippen LogP) is 5.95. The van der Waals surface area contributed by atoms with Gasteiger partial charge in [0.1, 0.15) is 17.6 Å². The Morgan fingerprint density at radius 1 is 1.11 bits per heavy atom. The molecule has 0 spiro atoms. The summed E-state index contributed by atoms with van der Waals surface area (Å²) in [7, 11) is 1.60. The highest BCUT2D eigenvalue weighted by molar-refractivity contribution is 7.98. The summed E-state index contributed by atoms with van der Waals surface area (Å²) in [5.41, 5.74) is 4.34. The van der Waals surface area contributed by atoms with Gasteiger partial charge in [0, 0.05) is 17.1 Å². The molecule has 0 saturated heterocycles. The van der Waals surface area contributed by atoms with E-state index in [-0.39, 0.29) is 11.7 Å². The van der Waals surface area contributed by atoms with Crippen LogP contribution in [0.5, 0.6) is 5.75 Å². The van der Waals surface area contributed by atoms with Gasteiger partial charge in [-0.2, -0.15) is 4.98 Å². The number of fused-ring (bicyclic) bond motifs is 1. The molecule has 37 heavy (non-hydrogen) atoms. The lowest BCUT2D eigenvalue weighted by Gasteiger charge is -2.28. The highest BCUT2D eigenvalue weighted by atomic mass is 32.2. The predicted molar refractivity (Wildman–Crippen MR) is 143 cm³/mol.